The highest BCUT2D eigenvalue weighted by Gasteiger charge is 2.30. The van der Waals surface area contributed by atoms with E-state index in [0.29, 0.717) is 28.4 Å². The van der Waals surface area contributed by atoms with Crippen LogP contribution in [0.1, 0.15) is 22.8 Å². The number of nitrogens with zero attached hydrogens (tertiary/aromatic N) is 1. The van der Waals surface area contributed by atoms with E-state index in [-0.39, 0.29) is 18.1 Å². The van der Waals surface area contributed by atoms with Gasteiger partial charge in [-0.05, 0) is 31.2 Å². The SMILES string of the molecule is CCOC(=O)NC(=NC1=CC=C(C(=O)c2ccccc2)C(Cc2ccccc2)C1=N)SC. The molecule has 0 saturated heterocycles. The maximum Gasteiger partial charge on any atom is 0.413 e. The van der Waals surface area contributed by atoms with E-state index in [0.717, 1.165) is 5.56 Å². The van der Waals surface area contributed by atoms with Crippen molar-refractivity contribution in [1.29, 1.82) is 5.41 Å². The van der Waals surface area contributed by atoms with E-state index in [9.17, 15) is 9.59 Å². The molecule has 0 bridgehead atoms. The van der Waals surface area contributed by atoms with Gasteiger partial charge in [0.25, 0.3) is 0 Å². The van der Waals surface area contributed by atoms with Gasteiger partial charge in [0.2, 0.25) is 0 Å². The lowest BCUT2D eigenvalue weighted by molar-refractivity contribution is 0.102. The summed E-state index contributed by atoms with van der Waals surface area (Å²) in [5, 5.41) is 11.8. The van der Waals surface area contributed by atoms with E-state index in [1.807, 2.05) is 48.5 Å². The van der Waals surface area contributed by atoms with Crippen molar-refractivity contribution in [3.8, 4) is 0 Å². The minimum absolute atomic E-state index is 0.106. The number of amidine groups is 1. The number of Topliss-reactive ketones (excluding diaryl/α,β-unsaturated/α-hetero) is 1. The van der Waals surface area contributed by atoms with Crippen LogP contribution in [-0.4, -0.2) is 35.6 Å². The van der Waals surface area contributed by atoms with E-state index in [1.165, 1.54) is 11.8 Å². The Morgan fingerprint density at radius 3 is 2.34 bits per heavy atom. The van der Waals surface area contributed by atoms with Gasteiger partial charge in [0, 0.05) is 17.1 Å². The average molecular weight is 448 g/mol. The van der Waals surface area contributed by atoms with Crippen molar-refractivity contribution in [2.24, 2.45) is 10.9 Å². The van der Waals surface area contributed by atoms with Gasteiger partial charge >= 0.3 is 6.09 Å². The topological polar surface area (TPSA) is 91.6 Å². The fraction of sp³-hybridized carbons (Fsp3) is 0.200. The molecule has 0 heterocycles. The molecule has 2 aromatic rings. The van der Waals surface area contributed by atoms with Crippen LogP contribution in [0.3, 0.4) is 0 Å². The third kappa shape index (κ3) is 5.82. The summed E-state index contributed by atoms with van der Waals surface area (Å²) in [6, 6.07) is 18.8. The highest BCUT2D eigenvalue weighted by Crippen LogP contribution is 2.29. The van der Waals surface area contributed by atoms with Crippen LogP contribution in [0.5, 0.6) is 0 Å². The molecule has 1 amide bonds. The maximum absolute atomic E-state index is 13.2. The van der Waals surface area contributed by atoms with Gasteiger partial charge in [-0.15, -0.1) is 0 Å². The predicted octanol–water partition coefficient (Wildman–Crippen LogP) is 5.04. The van der Waals surface area contributed by atoms with Crippen molar-refractivity contribution in [2.75, 3.05) is 12.9 Å². The Labute approximate surface area is 192 Å². The molecule has 3 rings (SSSR count). The second-order valence-corrected chi connectivity index (χ2v) is 7.79. The minimum atomic E-state index is -0.597. The number of nitrogens with one attached hydrogen (secondary N) is 2. The van der Waals surface area contributed by atoms with Gasteiger partial charge in [-0.1, -0.05) is 78.5 Å². The van der Waals surface area contributed by atoms with Gasteiger partial charge in [0.05, 0.1) is 18.0 Å². The number of carbonyl (C=O) groups is 2. The molecule has 0 spiro atoms. The molecular weight excluding hydrogens is 422 g/mol. The van der Waals surface area contributed by atoms with Gasteiger partial charge in [-0.3, -0.25) is 10.1 Å². The third-order valence-electron chi connectivity index (χ3n) is 4.90. The molecule has 32 heavy (non-hydrogen) atoms. The molecule has 0 aliphatic heterocycles. The zero-order valence-electron chi connectivity index (χ0n) is 18.0. The van der Waals surface area contributed by atoms with Crippen molar-refractivity contribution in [2.45, 2.75) is 13.3 Å². The number of carbonyl (C=O) groups excluding carboxylic acids is 2. The van der Waals surface area contributed by atoms with Crippen LogP contribution >= 0.6 is 11.8 Å². The van der Waals surface area contributed by atoms with Crippen molar-refractivity contribution in [1.82, 2.24) is 5.32 Å². The third-order valence-corrected chi connectivity index (χ3v) is 5.48. The summed E-state index contributed by atoms with van der Waals surface area (Å²) < 4.78 is 4.91. The molecule has 0 radical (unpaired) electrons. The molecule has 1 unspecified atom stereocenters. The Morgan fingerprint density at radius 2 is 1.72 bits per heavy atom. The molecule has 164 valence electrons. The molecule has 1 aliphatic rings. The van der Waals surface area contributed by atoms with Crippen molar-refractivity contribution in [3.05, 3.63) is 95.2 Å². The van der Waals surface area contributed by atoms with E-state index >= 15 is 0 Å². The Morgan fingerprint density at radius 1 is 1.06 bits per heavy atom. The lowest BCUT2D eigenvalue weighted by Crippen LogP contribution is -2.31. The summed E-state index contributed by atoms with van der Waals surface area (Å²) >= 11 is 1.24. The molecule has 6 nitrogen and oxygen atoms in total. The maximum atomic E-state index is 13.2. The molecule has 0 aromatic heterocycles. The largest absolute Gasteiger partial charge is 0.450 e. The number of rotatable bonds is 6. The summed E-state index contributed by atoms with van der Waals surface area (Å²) in [6.45, 7) is 1.97. The lowest BCUT2D eigenvalue weighted by atomic mass is 9.80. The van der Waals surface area contributed by atoms with Gasteiger partial charge in [-0.25, -0.2) is 9.79 Å². The van der Waals surface area contributed by atoms with Crippen LogP contribution in [0.25, 0.3) is 0 Å². The molecule has 1 aliphatic carbocycles. The zero-order valence-corrected chi connectivity index (χ0v) is 18.8. The first-order chi connectivity index (χ1) is 15.5. The number of amides is 1. The zero-order chi connectivity index (χ0) is 22.9. The van der Waals surface area contributed by atoms with Gasteiger partial charge in [0.15, 0.2) is 11.0 Å². The number of alkyl carbamates (subject to hydrolysis) is 1. The quantitative estimate of drug-likeness (QED) is 0.369. The predicted molar refractivity (Wildman–Crippen MR) is 129 cm³/mol. The summed E-state index contributed by atoms with van der Waals surface area (Å²) in [5.41, 5.74) is 2.78. The summed E-state index contributed by atoms with van der Waals surface area (Å²) in [4.78, 5) is 29.5. The first-order valence-corrected chi connectivity index (χ1v) is 11.5. The number of benzene rings is 2. The fourth-order valence-corrected chi connectivity index (χ4v) is 3.72. The molecule has 0 fully saturated rings. The first kappa shape index (κ1) is 23.2. The Balaban J connectivity index is 1.96. The van der Waals surface area contributed by atoms with Gasteiger partial charge < -0.3 is 10.1 Å². The van der Waals surface area contributed by atoms with Gasteiger partial charge in [0.1, 0.15) is 0 Å². The molecule has 2 N–H and O–H groups in total. The standard InChI is InChI=1S/C25H25N3O3S/c1-3-31-25(30)28-24(32-2)27-21-15-14-19(23(29)18-12-8-5-9-13-18)20(22(21)26)16-17-10-6-4-7-11-17/h4-15,20,26H,3,16H2,1-2H3,(H,27,28,30). The fourth-order valence-electron chi connectivity index (χ4n) is 3.35. The average Bonchev–Trinajstić information content (AvgIpc) is 2.82. The summed E-state index contributed by atoms with van der Waals surface area (Å²) in [6.07, 6.45) is 5.07. The monoisotopic (exact) mass is 447 g/mol. The van der Waals surface area contributed by atoms with E-state index < -0.39 is 12.0 Å². The number of hydrogen-bond acceptors (Lipinski definition) is 6. The number of hydrogen-bond donors (Lipinski definition) is 2. The first-order valence-electron chi connectivity index (χ1n) is 10.2. The molecule has 1 atom stereocenters. The number of thioether (sulfide) groups is 1. The van der Waals surface area contributed by atoms with E-state index in [4.69, 9.17) is 10.1 Å². The second kappa shape index (κ2) is 11.2. The molecule has 7 heteroatoms. The number of ketones is 1. The smallest absolute Gasteiger partial charge is 0.413 e. The summed E-state index contributed by atoms with van der Waals surface area (Å²) in [7, 11) is 0. The van der Waals surface area contributed by atoms with E-state index in [2.05, 4.69) is 10.3 Å². The second-order valence-electron chi connectivity index (χ2n) is 6.99. The number of aliphatic imine (C=N–C) groups is 1. The van der Waals surface area contributed by atoms with Crippen molar-refractivity contribution < 1.29 is 14.3 Å². The summed E-state index contributed by atoms with van der Waals surface area (Å²) in [5.74, 6) is -0.565. The normalized spacial score (nSPS) is 16.1. The van der Waals surface area contributed by atoms with Crippen LogP contribution in [0.4, 0.5) is 4.79 Å². The lowest BCUT2D eigenvalue weighted by Gasteiger charge is -2.24. The van der Waals surface area contributed by atoms with Crippen LogP contribution in [0.2, 0.25) is 0 Å². The van der Waals surface area contributed by atoms with Crippen LogP contribution in [-0.2, 0) is 11.2 Å². The minimum Gasteiger partial charge on any atom is -0.450 e. The Bertz CT molecular complexity index is 1080. The molecular formula is C25H25N3O3S. The van der Waals surface area contributed by atoms with Crippen LogP contribution in [0.15, 0.2) is 89.1 Å². The van der Waals surface area contributed by atoms with Gasteiger partial charge in [-0.2, -0.15) is 0 Å². The number of allylic oxidation sites excluding steroid dienone is 4. The highest BCUT2D eigenvalue weighted by atomic mass is 32.2. The Hall–Kier alpha value is -3.45. The Kier molecular flexibility index (Phi) is 8.16. The number of ether oxygens (including phenoxy) is 1. The highest BCUT2D eigenvalue weighted by molar-refractivity contribution is 8.13. The van der Waals surface area contributed by atoms with Crippen molar-refractivity contribution in [3.63, 3.8) is 0 Å². The van der Waals surface area contributed by atoms with Crippen LogP contribution < -0.4 is 5.32 Å². The van der Waals surface area contributed by atoms with E-state index in [1.54, 1.807) is 37.5 Å². The molecule has 0 saturated carbocycles. The molecule has 2 aromatic carbocycles. The van der Waals surface area contributed by atoms with Crippen molar-refractivity contribution >= 4 is 34.5 Å². The van der Waals surface area contributed by atoms with Crippen LogP contribution in [0, 0.1) is 11.3 Å².